The van der Waals surface area contributed by atoms with E-state index in [1.807, 2.05) is 26.5 Å². The minimum Gasteiger partial charge on any atom is -0.381 e. The molecule has 4 heteroatoms. The minimum atomic E-state index is 0.355. The number of nitrogens with one attached hydrogen (secondary N) is 1. The summed E-state index contributed by atoms with van der Waals surface area (Å²) in [6, 6.07) is 0.355. The van der Waals surface area contributed by atoms with Crippen molar-refractivity contribution in [3.05, 3.63) is 18.2 Å². The van der Waals surface area contributed by atoms with Crippen molar-refractivity contribution >= 4 is 0 Å². The fraction of sp³-hybridized carbons (Fsp3) is 0.727. The molecule has 1 atom stereocenters. The molecule has 84 valence electrons. The Morgan fingerprint density at radius 3 is 2.80 bits per heavy atom. The molecule has 1 fully saturated rings. The molecule has 2 rings (SSSR count). The van der Waals surface area contributed by atoms with Crippen LogP contribution in [0.5, 0.6) is 0 Å². The molecule has 15 heavy (non-hydrogen) atoms. The van der Waals surface area contributed by atoms with Crippen molar-refractivity contribution in [3.63, 3.8) is 0 Å². The summed E-state index contributed by atoms with van der Waals surface area (Å²) in [5.41, 5.74) is 0. The Morgan fingerprint density at radius 2 is 2.27 bits per heavy atom. The molecule has 1 N–H and O–H groups in total. The standard InChI is InChI=1S/C11H19N3O/c1-12-10(9-3-7-15-8-4-9)11-13-5-6-14(11)2/h5-6,9-10,12H,3-4,7-8H2,1-2H3. The van der Waals surface area contributed by atoms with Gasteiger partial charge in [-0.1, -0.05) is 0 Å². The molecular weight excluding hydrogens is 190 g/mol. The topological polar surface area (TPSA) is 39.1 Å². The van der Waals surface area contributed by atoms with Gasteiger partial charge in [0, 0.05) is 32.7 Å². The van der Waals surface area contributed by atoms with E-state index in [4.69, 9.17) is 4.74 Å². The van der Waals surface area contributed by atoms with Crippen LogP contribution in [0.2, 0.25) is 0 Å². The van der Waals surface area contributed by atoms with Crippen LogP contribution in [0.3, 0.4) is 0 Å². The first-order chi connectivity index (χ1) is 7.33. The van der Waals surface area contributed by atoms with Crippen LogP contribution in [-0.4, -0.2) is 29.8 Å². The molecule has 0 saturated carbocycles. The molecule has 1 aliphatic rings. The summed E-state index contributed by atoms with van der Waals surface area (Å²) < 4.78 is 7.48. The van der Waals surface area contributed by atoms with Gasteiger partial charge in [-0.05, 0) is 25.8 Å². The van der Waals surface area contributed by atoms with E-state index in [0.29, 0.717) is 12.0 Å². The van der Waals surface area contributed by atoms with E-state index in [0.717, 1.165) is 31.9 Å². The van der Waals surface area contributed by atoms with Crippen molar-refractivity contribution in [1.82, 2.24) is 14.9 Å². The van der Waals surface area contributed by atoms with Crippen LogP contribution >= 0.6 is 0 Å². The highest BCUT2D eigenvalue weighted by atomic mass is 16.5. The second kappa shape index (κ2) is 4.77. The lowest BCUT2D eigenvalue weighted by Gasteiger charge is -2.29. The molecule has 0 aliphatic carbocycles. The van der Waals surface area contributed by atoms with E-state index < -0.39 is 0 Å². The summed E-state index contributed by atoms with van der Waals surface area (Å²) >= 11 is 0. The van der Waals surface area contributed by atoms with E-state index in [1.165, 1.54) is 0 Å². The fourth-order valence-corrected chi connectivity index (χ4v) is 2.30. The highest BCUT2D eigenvalue weighted by molar-refractivity contribution is 5.01. The number of ether oxygens (including phenoxy) is 1. The highest BCUT2D eigenvalue weighted by Crippen LogP contribution is 2.28. The average Bonchev–Trinajstić information content (AvgIpc) is 2.68. The molecule has 0 spiro atoms. The third-order valence-electron chi connectivity index (χ3n) is 3.18. The lowest BCUT2D eigenvalue weighted by Crippen LogP contribution is -2.31. The molecule has 0 aromatic carbocycles. The first kappa shape index (κ1) is 10.6. The summed E-state index contributed by atoms with van der Waals surface area (Å²) in [4.78, 5) is 4.42. The van der Waals surface area contributed by atoms with Gasteiger partial charge >= 0.3 is 0 Å². The van der Waals surface area contributed by atoms with Crippen molar-refractivity contribution in [2.75, 3.05) is 20.3 Å². The van der Waals surface area contributed by atoms with Crippen molar-refractivity contribution < 1.29 is 4.74 Å². The third-order valence-corrected chi connectivity index (χ3v) is 3.18. The molecule has 1 aromatic heterocycles. The number of aromatic nitrogens is 2. The number of hydrogen-bond donors (Lipinski definition) is 1. The third kappa shape index (κ3) is 2.21. The number of hydrogen-bond acceptors (Lipinski definition) is 3. The number of rotatable bonds is 3. The van der Waals surface area contributed by atoms with E-state index in [-0.39, 0.29) is 0 Å². The maximum atomic E-state index is 5.39. The van der Waals surface area contributed by atoms with Crippen LogP contribution in [-0.2, 0) is 11.8 Å². The van der Waals surface area contributed by atoms with Gasteiger partial charge in [0.1, 0.15) is 5.82 Å². The smallest absolute Gasteiger partial charge is 0.125 e. The lowest BCUT2D eigenvalue weighted by atomic mass is 9.91. The summed E-state index contributed by atoms with van der Waals surface area (Å²) in [6.07, 6.45) is 6.11. The Hall–Kier alpha value is -0.870. The van der Waals surface area contributed by atoms with Crippen LogP contribution < -0.4 is 5.32 Å². The van der Waals surface area contributed by atoms with Crippen LogP contribution in [0.25, 0.3) is 0 Å². The molecule has 2 heterocycles. The highest BCUT2D eigenvalue weighted by Gasteiger charge is 2.26. The van der Waals surface area contributed by atoms with Crippen LogP contribution in [0.4, 0.5) is 0 Å². The summed E-state index contributed by atoms with van der Waals surface area (Å²) in [5.74, 6) is 1.77. The second-order valence-electron chi connectivity index (χ2n) is 4.11. The molecule has 1 unspecified atom stereocenters. The Morgan fingerprint density at radius 1 is 1.53 bits per heavy atom. The van der Waals surface area contributed by atoms with Gasteiger partial charge in [-0.25, -0.2) is 4.98 Å². The van der Waals surface area contributed by atoms with Crippen molar-refractivity contribution in [2.45, 2.75) is 18.9 Å². The summed E-state index contributed by atoms with van der Waals surface area (Å²) in [6.45, 7) is 1.76. The Balaban J connectivity index is 2.12. The Kier molecular flexibility index (Phi) is 3.38. The molecule has 0 radical (unpaired) electrons. The lowest BCUT2D eigenvalue weighted by molar-refractivity contribution is 0.0532. The number of imidazole rings is 1. The molecule has 0 amide bonds. The summed E-state index contributed by atoms with van der Waals surface area (Å²) in [7, 11) is 4.06. The van der Waals surface area contributed by atoms with Crippen molar-refractivity contribution in [1.29, 1.82) is 0 Å². The zero-order chi connectivity index (χ0) is 10.7. The van der Waals surface area contributed by atoms with E-state index in [2.05, 4.69) is 14.9 Å². The van der Waals surface area contributed by atoms with Crippen molar-refractivity contribution in [3.8, 4) is 0 Å². The molecular formula is C11H19N3O. The van der Waals surface area contributed by atoms with Gasteiger partial charge in [0.2, 0.25) is 0 Å². The van der Waals surface area contributed by atoms with Crippen molar-refractivity contribution in [2.24, 2.45) is 13.0 Å². The maximum absolute atomic E-state index is 5.39. The van der Waals surface area contributed by atoms with Gasteiger partial charge in [0.05, 0.1) is 6.04 Å². The monoisotopic (exact) mass is 209 g/mol. The molecule has 4 nitrogen and oxygen atoms in total. The maximum Gasteiger partial charge on any atom is 0.125 e. The van der Waals surface area contributed by atoms with Crippen LogP contribution in [0, 0.1) is 5.92 Å². The van der Waals surface area contributed by atoms with E-state index in [1.54, 1.807) is 0 Å². The van der Waals surface area contributed by atoms with Crippen LogP contribution in [0.15, 0.2) is 12.4 Å². The number of nitrogens with zero attached hydrogens (tertiary/aromatic N) is 2. The molecule has 1 aliphatic heterocycles. The van der Waals surface area contributed by atoms with Crippen LogP contribution in [0.1, 0.15) is 24.7 Å². The minimum absolute atomic E-state index is 0.355. The molecule has 1 aromatic rings. The Bertz CT molecular complexity index is 305. The first-order valence-electron chi connectivity index (χ1n) is 5.55. The average molecular weight is 209 g/mol. The van der Waals surface area contributed by atoms with Gasteiger partial charge in [-0.15, -0.1) is 0 Å². The zero-order valence-electron chi connectivity index (χ0n) is 9.44. The predicted molar refractivity (Wildman–Crippen MR) is 58.6 cm³/mol. The number of aryl methyl sites for hydroxylation is 1. The normalized spacial score (nSPS) is 20.4. The second-order valence-corrected chi connectivity index (χ2v) is 4.11. The fourth-order valence-electron chi connectivity index (χ4n) is 2.30. The van der Waals surface area contributed by atoms with E-state index >= 15 is 0 Å². The Labute approximate surface area is 90.6 Å². The largest absolute Gasteiger partial charge is 0.381 e. The van der Waals surface area contributed by atoms with Gasteiger partial charge in [-0.2, -0.15) is 0 Å². The predicted octanol–water partition coefficient (Wildman–Crippen LogP) is 1.11. The van der Waals surface area contributed by atoms with Gasteiger partial charge in [-0.3, -0.25) is 0 Å². The first-order valence-corrected chi connectivity index (χ1v) is 5.55. The molecule has 0 bridgehead atoms. The van der Waals surface area contributed by atoms with E-state index in [9.17, 15) is 0 Å². The summed E-state index contributed by atoms with van der Waals surface area (Å²) in [5, 5.41) is 3.38. The van der Waals surface area contributed by atoms with Gasteiger partial charge in [0.15, 0.2) is 0 Å². The molecule has 1 saturated heterocycles. The zero-order valence-corrected chi connectivity index (χ0v) is 9.44. The van der Waals surface area contributed by atoms with Gasteiger partial charge in [0.25, 0.3) is 0 Å². The SMILES string of the molecule is CNC(c1nccn1C)C1CCOCC1. The quantitative estimate of drug-likeness (QED) is 0.810. The van der Waals surface area contributed by atoms with Gasteiger partial charge < -0.3 is 14.6 Å².